The van der Waals surface area contributed by atoms with Crippen molar-refractivity contribution in [3.63, 3.8) is 0 Å². The number of rotatable bonds is 7. The Bertz CT molecular complexity index is 742. The third-order valence-electron chi connectivity index (χ3n) is 5.05. The molecular weight excluding hydrogens is 376 g/mol. The first-order valence-corrected chi connectivity index (χ1v) is 9.60. The predicted molar refractivity (Wildman–Crippen MR) is 112 cm³/mol. The molecule has 3 rings (SSSR count). The molecule has 1 amide bonds. The second-order valence-electron chi connectivity index (χ2n) is 7.23. The molecule has 1 fully saturated rings. The molecule has 1 saturated carbocycles. The first-order valence-electron chi connectivity index (χ1n) is 9.60. The van der Waals surface area contributed by atoms with Crippen molar-refractivity contribution in [2.45, 2.75) is 44.4 Å². The number of carbonyl (C=O) groups excluding carboxylic acids is 1. The molecule has 0 radical (unpaired) electrons. The van der Waals surface area contributed by atoms with Crippen molar-refractivity contribution in [2.75, 3.05) is 6.54 Å². The smallest absolute Gasteiger partial charge is 0.223 e. The number of hydrogen-bond donors (Lipinski definition) is 3. The van der Waals surface area contributed by atoms with E-state index in [4.69, 9.17) is 10.5 Å². The molecule has 2 aromatic rings. The van der Waals surface area contributed by atoms with E-state index in [2.05, 4.69) is 5.32 Å². The zero-order valence-electron chi connectivity index (χ0n) is 15.9. The lowest BCUT2D eigenvalue weighted by molar-refractivity contribution is -0.126. The fourth-order valence-electron chi connectivity index (χ4n) is 3.48. The van der Waals surface area contributed by atoms with Crippen molar-refractivity contribution in [1.29, 1.82) is 0 Å². The van der Waals surface area contributed by atoms with Crippen LogP contribution in [0.1, 0.15) is 42.9 Å². The summed E-state index contributed by atoms with van der Waals surface area (Å²) in [4.78, 5) is 12.3. The molecule has 0 aliphatic heterocycles. The summed E-state index contributed by atoms with van der Waals surface area (Å²) < 4.78 is 5.80. The van der Waals surface area contributed by atoms with E-state index in [1.807, 2.05) is 54.6 Å². The number of nitrogens with one attached hydrogen (secondary N) is 1. The Balaban J connectivity index is 0.00000280. The van der Waals surface area contributed by atoms with Crippen LogP contribution in [0, 0.1) is 5.92 Å². The van der Waals surface area contributed by atoms with E-state index < -0.39 is 6.10 Å². The minimum atomic E-state index is -0.772. The topological polar surface area (TPSA) is 84.6 Å². The number of amides is 1. The van der Waals surface area contributed by atoms with Crippen LogP contribution >= 0.6 is 12.4 Å². The monoisotopic (exact) mass is 404 g/mol. The number of hydrogen-bond acceptors (Lipinski definition) is 4. The summed E-state index contributed by atoms with van der Waals surface area (Å²) in [6, 6.07) is 17.4. The normalized spacial score (nSPS) is 19.9. The van der Waals surface area contributed by atoms with Crippen molar-refractivity contribution >= 4 is 18.3 Å². The van der Waals surface area contributed by atoms with Crippen LogP contribution in [0.25, 0.3) is 0 Å². The number of aliphatic hydroxyl groups excluding tert-OH is 1. The Hall–Kier alpha value is -2.08. The zero-order chi connectivity index (χ0) is 19.1. The molecular formula is C22H29ClN2O3. The minimum Gasteiger partial charge on any atom is -0.489 e. The van der Waals surface area contributed by atoms with Gasteiger partial charge in [0, 0.05) is 18.5 Å². The van der Waals surface area contributed by atoms with E-state index >= 15 is 0 Å². The van der Waals surface area contributed by atoms with E-state index in [9.17, 15) is 9.90 Å². The molecule has 4 N–H and O–H groups in total. The van der Waals surface area contributed by atoms with Gasteiger partial charge in [-0.05, 0) is 42.5 Å². The van der Waals surface area contributed by atoms with Gasteiger partial charge < -0.3 is 20.9 Å². The fourth-order valence-corrected chi connectivity index (χ4v) is 3.48. The van der Waals surface area contributed by atoms with Gasteiger partial charge in [-0.3, -0.25) is 4.79 Å². The van der Waals surface area contributed by atoms with Crippen LogP contribution in [0.2, 0.25) is 0 Å². The number of aliphatic hydroxyl groups is 1. The van der Waals surface area contributed by atoms with Crippen molar-refractivity contribution in [1.82, 2.24) is 5.32 Å². The molecule has 0 heterocycles. The lowest BCUT2D eigenvalue weighted by atomic mass is 9.85. The Morgan fingerprint density at radius 3 is 2.71 bits per heavy atom. The van der Waals surface area contributed by atoms with Crippen molar-refractivity contribution in [3.05, 3.63) is 65.7 Å². The number of carbonyl (C=O) groups is 1. The van der Waals surface area contributed by atoms with E-state index in [0.717, 1.165) is 36.8 Å². The summed E-state index contributed by atoms with van der Waals surface area (Å²) in [5.74, 6) is 0.641. The summed E-state index contributed by atoms with van der Waals surface area (Å²) in [6.45, 7) is 0.659. The molecule has 5 nitrogen and oxygen atoms in total. The largest absolute Gasteiger partial charge is 0.489 e. The lowest BCUT2D eigenvalue weighted by Crippen LogP contribution is -2.39. The number of nitrogens with two attached hydrogens (primary N) is 1. The maximum atomic E-state index is 12.3. The molecule has 2 aromatic carbocycles. The van der Waals surface area contributed by atoms with Crippen LogP contribution in [0.3, 0.4) is 0 Å². The second-order valence-corrected chi connectivity index (χ2v) is 7.23. The maximum Gasteiger partial charge on any atom is 0.223 e. The highest BCUT2D eigenvalue weighted by Crippen LogP contribution is 2.24. The molecule has 6 heteroatoms. The van der Waals surface area contributed by atoms with Gasteiger partial charge in [0.25, 0.3) is 0 Å². The summed E-state index contributed by atoms with van der Waals surface area (Å²) in [6.07, 6.45) is 2.81. The average molecular weight is 405 g/mol. The van der Waals surface area contributed by atoms with Gasteiger partial charge in [-0.15, -0.1) is 12.4 Å². The minimum absolute atomic E-state index is 0. The second kappa shape index (κ2) is 11.1. The highest BCUT2D eigenvalue weighted by molar-refractivity contribution is 5.85. The van der Waals surface area contributed by atoms with Gasteiger partial charge in [0.1, 0.15) is 12.4 Å². The van der Waals surface area contributed by atoms with Gasteiger partial charge in [0.15, 0.2) is 0 Å². The van der Waals surface area contributed by atoms with Crippen LogP contribution in [0.15, 0.2) is 54.6 Å². The maximum absolute atomic E-state index is 12.3. The lowest BCUT2D eigenvalue weighted by Gasteiger charge is -2.26. The molecule has 28 heavy (non-hydrogen) atoms. The molecule has 0 spiro atoms. The van der Waals surface area contributed by atoms with Gasteiger partial charge in [-0.25, -0.2) is 0 Å². The van der Waals surface area contributed by atoms with E-state index in [1.54, 1.807) is 0 Å². The molecule has 1 aliphatic carbocycles. The van der Waals surface area contributed by atoms with Crippen LogP contribution in [-0.2, 0) is 11.4 Å². The quantitative estimate of drug-likeness (QED) is 0.660. The molecule has 3 unspecified atom stereocenters. The first-order chi connectivity index (χ1) is 13.1. The molecule has 1 aliphatic rings. The van der Waals surface area contributed by atoms with Crippen molar-refractivity contribution < 1.29 is 14.6 Å². The van der Waals surface area contributed by atoms with Crippen LogP contribution in [0.5, 0.6) is 5.75 Å². The molecule has 0 bridgehead atoms. The summed E-state index contributed by atoms with van der Waals surface area (Å²) >= 11 is 0. The third-order valence-corrected chi connectivity index (χ3v) is 5.05. The average Bonchev–Trinajstić information content (AvgIpc) is 2.71. The Morgan fingerprint density at radius 1 is 1.18 bits per heavy atom. The van der Waals surface area contributed by atoms with E-state index in [1.165, 1.54) is 0 Å². The number of ether oxygens (including phenoxy) is 1. The highest BCUT2D eigenvalue weighted by atomic mass is 35.5. The van der Waals surface area contributed by atoms with Crippen LogP contribution in [0.4, 0.5) is 0 Å². The molecule has 0 aromatic heterocycles. The summed E-state index contributed by atoms with van der Waals surface area (Å²) in [7, 11) is 0. The van der Waals surface area contributed by atoms with Gasteiger partial charge >= 0.3 is 0 Å². The summed E-state index contributed by atoms with van der Waals surface area (Å²) in [5.41, 5.74) is 7.76. The standard InChI is InChI=1S/C22H28N2O3.ClH/c23-19-10-4-9-18(12-19)22(26)24-14-21(25)17-8-5-11-20(13-17)27-15-16-6-2-1-3-7-16;/h1-3,5-8,11,13,18-19,21,25H,4,9-10,12,14-15,23H2,(H,24,26);1H. The van der Waals surface area contributed by atoms with Crippen molar-refractivity contribution in [2.24, 2.45) is 11.7 Å². The van der Waals surface area contributed by atoms with Crippen molar-refractivity contribution in [3.8, 4) is 5.75 Å². The van der Waals surface area contributed by atoms with E-state index in [-0.39, 0.29) is 36.8 Å². The Labute approximate surface area is 172 Å². The Morgan fingerprint density at radius 2 is 1.96 bits per heavy atom. The van der Waals surface area contributed by atoms with Gasteiger partial charge in [0.2, 0.25) is 5.91 Å². The number of benzene rings is 2. The van der Waals surface area contributed by atoms with Gasteiger partial charge in [-0.2, -0.15) is 0 Å². The summed E-state index contributed by atoms with van der Waals surface area (Å²) in [5, 5.41) is 13.3. The zero-order valence-corrected chi connectivity index (χ0v) is 16.7. The first kappa shape index (κ1) is 22.2. The van der Waals surface area contributed by atoms with Gasteiger partial charge in [0.05, 0.1) is 6.10 Å². The molecule has 3 atom stereocenters. The SMILES string of the molecule is Cl.NC1CCCC(C(=O)NCC(O)c2cccc(OCc3ccccc3)c2)C1. The van der Waals surface area contributed by atoms with Gasteiger partial charge in [-0.1, -0.05) is 48.9 Å². The Kier molecular flexibility index (Phi) is 8.77. The fraction of sp³-hybridized carbons (Fsp3) is 0.409. The molecule has 0 saturated heterocycles. The van der Waals surface area contributed by atoms with Crippen LogP contribution < -0.4 is 15.8 Å². The highest BCUT2D eigenvalue weighted by Gasteiger charge is 2.25. The molecule has 152 valence electrons. The number of halogens is 1. The third kappa shape index (κ3) is 6.51. The van der Waals surface area contributed by atoms with Crippen LogP contribution in [-0.4, -0.2) is 23.6 Å². The predicted octanol–water partition coefficient (Wildman–Crippen LogP) is 3.35. The van der Waals surface area contributed by atoms with E-state index in [0.29, 0.717) is 12.4 Å².